The first-order valence-electron chi connectivity index (χ1n) is 8.18. The Kier molecular flexibility index (Phi) is 6.45. The van der Waals surface area contributed by atoms with Gasteiger partial charge in [0, 0.05) is 13.1 Å². The maximum atomic E-state index is 13.3. The second kappa shape index (κ2) is 8.01. The summed E-state index contributed by atoms with van der Waals surface area (Å²) in [5.41, 5.74) is -1.59. The summed E-state index contributed by atoms with van der Waals surface area (Å²) in [5, 5.41) is 0. The Morgan fingerprint density at radius 3 is 2.44 bits per heavy atom. The van der Waals surface area contributed by atoms with E-state index in [1.54, 1.807) is 0 Å². The molecule has 0 radical (unpaired) electrons. The van der Waals surface area contributed by atoms with Gasteiger partial charge in [-0.15, -0.1) is 0 Å². The average Bonchev–Trinajstić information content (AvgIpc) is 2.53. The van der Waals surface area contributed by atoms with Crippen LogP contribution in [0.3, 0.4) is 0 Å². The fourth-order valence-electron chi connectivity index (χ4n) is 2.87. The molecule has 1 aliphatic rings. The van der Waals surface area contributed by atoms with Gasteiger partial charge in [-0.3, -0.25) is 0 Å². The molecule has 9 heteroatoms. The first kappa shape index (κ1) is 20.1. The molecule has 0 aromatic heterocycles. The Labute approximate surface area is 145 Å². The summed E-state index contributed by atoms with van der Waals surface area (Å²) in [6.45, 7) is 4.66. The van der Waals surface area contributed by atoms with Crippen LogP contribution in [0.2, 0.25) is 0 Å². The molecular formula is C16H22F4N2O2S. The van der Waals surface area contributed by atoms with Crippen molar-refractivity contribution in [1.29, 1.82) is 0 Å². The van der Waals surface area contributed by atoms with Crippen LogP contribution in [0.15, 0.2) is 23.1 Å². The number of piperidine rings is 1. The molecule has 25 heavy (non-hydrogen) atoms. The topological polar surface area (TPSA) is 49.4 Å². The van der Waals surface area contributed by atoms with Crippen LogP contribution in [-0.4, -0.2) is 39.5 Å². The Hall–Kier alpha value is -1.19. The van der Waals surface area contributed by atoms with Gasteiger partial charge in [0.1, 0.15) is 5.82 Å². The standard InChI is InChI=1S/C16H22F4N2O2S/c1-12(11-22-7-3-2-4-8-22)10-21-25(23,24)13-5-6-15(17)14(9-13)16(18,19)20/h5-6,9,12,21H,2-4,7-8,10-11H2,1H3. The van der Waals surface area contributed by atoms with Crippen molar-refractivity contribution >= 4 is 10.0 Å². The molecule has 1 N–H and O–H groups in total. The molecule has 1 saturated heterocycles. The number of halogens is 4. The Bertz CT molecular complexity index is 686. The lowest BCUT2D eigenvalue weighted by Gasteiger charge is -2.29. The molecule has 0 saturated carbocycles. The molecule has 0 spiro atoms. The highest BCUT2D eigenvalue weighted by Gasteiger charge is 2.35. The van der Waals surface area contributed by atoms with Gasteiger partial charge in [0.2, 0.25) is 10.0 Å². The summed E-state index contributed by atoms with van der Waals surface area (Å²) in [6.07, 6.45) is -1.51. The number of benzene rings is 1. The van der Waals surface area contributed by atoms with Crippen molar-refractivity contribution in [2.45, 2.75) is 37.3 Å². The van der Waals surface area contributed by atoms with Crippen molar-refractivity contribution in [3.05, 3.63) is 29.6 Å². The van der Waals surface area contributed by atoms with Crippen LogP contribution in [0, 0.1) is 11.7 Å². The quantitative estimate of drug-likeness (QED) is 0.769. The first-order chi connectivity index (χ1) is 11.6. The highest BCUT2D eigenvalue weighted by molar-refractivity contribution is 7.89. The zero-order valence-corrected chi connectivity index (χ0v) is 14.8. The van der Waals surface area contributed by atoms with E-state index in [0.717, 1.165) is 38.5 Å². The number of likely N-dealkylation sites (tertiary alicyclic amines) is 1. The van der Waals surface area contributed by atoms with Gasteiger partial charge in [0.05, 0.1) is 10.5 Å². The fraction of sp³-hybridized carbons (Fsp3) is 0.625. The van der Waals surface area contributed by atoms with Gasteiger partial charge >= 0.3 is 6.18 Å². The fourth-order valence-corrected chi connectivity index (χ4v) is 4.06. The van der Waals surface area contributed by atoms with Crippen LogP contribution in [0.1, 0.15) is 31.7 Å². The molecule has 0 bridgehead atoms. The van der Waals surface area contributed by atoms with Crippen LogP contribution in [0.4, 0.5) is 17.6 Å². The Morgan fingerprint density at radius 2 is 1.84 bits per heavy atom. The molecule has 0 amide bonds. The highest BCUT2D eigenvalue weighted by Crippen LogP contribution is 2.32. The molecule has 1 unspecified atom stereocenters. The van der Waals surface area contributed by atoms with Crippen LogP contribution in [0.5, 0.6) is 0 Å². The summed E-state index contributed by atoms with van der Waals surface area (Å²) >= 11 is 0. The lowest BCUT2D eigenvalue weighted by Crippen LogP contribution is -2.38. The third kappa shape index (κ3) is 5.65. The van der Waals surface area contributed by atoms with E-state index in [1.807, 2.05) is 6.92 Å². The maximum Gasteiger partial charge on any atom is 0.419 e. The number of hydrogen-bond acceptors (Lipinski definition) is 3. The van der Waals surface area contributed by atoms with Crippen molar-refractivity contribution in [2.24, 2.45) is 5.92 Å². The molecule has 1 aliphatic heterocycles. The van der Waals surface area contributed by atoms with Crippen LogP contribution in [0.25, 0.3) is 0 Å². The van der Waals surface area contributed by atoms with E-state index < -0.39 is 32.5 Å². The van der Waals surface area contributed by atoms with Crippen molar-refractivity contribution in [2.75, 3.05) is 26.2 Å². The van der Waals surface area contributed by atoms with Crippen molar-refractivity contribution in [3.63, 3.8) is 0 Å². The van der Waals surface area contributed by atoms with Gasteiger partial charge in [-0.05, 0) is 50.0 Å². The maximum absolute atomic E-state index is 13.3. The van der Waals surface area contributed by atoms with Gasteiger partial charge < -0.3 is 4.90 Å². The third-order valence-corrected chi connectivity index (χ3v) is 5.62. The van der Waals surface area contributed by atoms with E-state index in [-0.39, 0.29) is 12.5 Å². The largest absolute Gasteiger partial charge is 0.419 e. The van der Waals surface area contributed by atoms with Gasteiger partial charge in [-0.2, -0.15) is 13.2 Å². The zero-order chi connectivity index (χ0) is 18.7. The van der Waals surface area contributed by atoms with Crippen LogP contribution < -0.4 is 4.72 Å². The summed E-state index contributed by atoms with van der Waals surface area (Å²) in [4.78, 5) is 1.66. The number of hydrogen-bond donors (Lipinski definition) is 1. The van der Waals surface area contributed by atoms with Gasteiger partial charge in [0.25, 0.3) is 0 Å². The van der Waals surface area contributed by atoms with Crippen molar-refractivity contribution < 1.29 is 26.0 Å². The van der Waals surface area contributed by atoms with Crippen LogP contribution >= 0.6 is 0 Å². The molecule has 1 aromatic rings. The predicted molar refractivity (Wildman–Crippen MR) is 86.0 cm³/mol. The third-order valence-electron chi connectivity index (χ3n) is 4.19. The zero-order valence-electron chi connectivity index (χ0n) is 13.9. The molecule has 2 rings (SSSR count). The summed E-state index contributed by atoms with van der Waals surface area (Å²) in [6, 6.07) is 1.68. The minimum absolute atomic E-state index is 0.00964. The molecule has 1 fully saturated rings. The molecule has 4 nitrogen and oxygen atoms in total. The van der Waals surface area contributed by atoms with E-state index in [9.17, 15) is 26.0 Å². The number of nitrogens with one attached hydrogen (secondary N) is 1. The normalized spacial score (nSPS) is 18.3. The summed E-state index contributed by atoms with van der Waals surface area (Å²) in [7, 11) is -4.13. The second-order valence-corrected chi connectivity index (χ2v) is 8.22. The molecular weight excluding hydrogens is 360 g/mol. The smallest absolute Gasteiger partial charge is 0.303 e. The van der Waals surface area contributed by atoms with E-state index in [0.29, 0.717) is 12.1 Å². The average molecular weight is 382 g/mol. The summed E-state index contributed by atoms with van der Waals surface area (Å²) in [5.74, 6) is -1.49. The van der Waals surface area contributed by atoms with Gasteiger partial charge in [0.15, 0.2) is 0 Å². The van der Waals surface area contributed by atoms with Crippen molar-refractivity contribution in [1.82, 2.24) is 9.62 Å². The van der Waals surface area contributed by atoms with E-state index in [4.69, 9.17) is 0 Å². The minimum Gasteiger partial charge on any atom is -0.303 e. The monoisotopic (exact) mass is 382 g/mol. The minimum atomic E-state index is -4.95. The predicted octanol–water partition coefficient (Wildman–Crippen LogP) is 3.24. The lowest BCUT2D eigenvalue weighted by molar-refractivity contribution is -0.140. The van der Waals surface area contributed by atoms with E-state index in [2.05, 4.69) is 9.62 Å². The summed E-state index contributed by atoms with van der Waals surface area (Å²) < 4.78 is 78.2. The molecule has 1 atom stereocenters. The molecule has 1 heterocycles. The number of nitrogens with zero attached hydrogens (tertiary/aromatic N) is 1. The first-order valence-corrected chi connectivity index (χ1v) is 9.66. The SMILES string of the molecule is CC(CNS(=O)(=O)c1ccc(F)c(C(F)(F)F)c1)CN1CCCCC1. The van der Waals surface area contributed by atoms with E-state index in [1.165, 1.54) is 6.42 Å². The van der Waals surface area contributed by atoms with Gasteiger partial charge in [-0.1, -0.05) is 13.3 Å². The lowest BCUT2D eigenvalue weighted by atomic mass is 10.1. The number of rotatable bonds is 6. The Morgan fingerprint density at radius 1 is 1.20 bits per heavy atom. The molecule has 0 aliphatic carbocycles. The second-order valence-electron chi connectivity index (χ2n) is 6.46. The van der Waals surface area contributed by atoms with Crippen molar-refractivity contribution in [3.8, 4) is 0 Å². The molecule has 1 aromatic carbocycles. The molecule has 142 valence electrons. The van der Waals surface area contributed by atoms with Crippen LogP contribution in [-0.2, 0) is 16.2 Å². The van der Waals surface area contributed by atoms with E-state index >= 15 is 0 Å². The number of alkyl halides is 3. The number of sulfonamides is 1. The van der Waals surface area contributed by atoms with Gasteiger partial charge in [-0.25, -0.2) is 17.5 Å². The highest BCUT2D eigenvalue weighted by atomic mass is 32.2. The Balaban J connectivity index is 2.01.